The number of fused-ring (bicyclic) bond motifs is 1. The molecule has 1 saturated heterocycles. The third-order valence-corrected chi connectivity index (χ3v) is 5.66. The van der Waals surface area contributed by atoms with E-state index in [1.807, 2.05) is 28.8 Å². The van der Waals surface area contributed by atoms with E-state index in [1.54, 1.807) is 36.4 Å². The van der Waals surface area contributed by atoms with Crippen molar-refractivity contribution in [1.82, 2.24) is 39.2 Å². The van der Waals surface area contributed by atoms with Gasteiger partial charge in [-0.15, -0.1) is 10.2 Å². The van der Waals surface area contributed by atoms with Gasteiger partial charge in [0.05, 0.1) is 5.69 Å². The zero-order valence-electron chi connectivity index (χ0n) is 16.7. The summed E-state index contributed by atoms with van der Waals surface area (Å²) in [6.45, 7) is 2.33. The summed E-state index contributed by atoms with van der Waals surface area (Å²) < 4.78 is 3.43. The van der Waals surface area contributed by atoms with Crippen LogP contribution in [0.1, 0.15) is 30.3 Å². The molecule has 1 aliphatic rings. The molecular formula is C21H22N8O. The minimum absolute atomic E-state index is 0.0322. The van der Waals surface area contributed by atoms with Crippen LogP contribution in [-0.4, -0.2) is 52.3 Å². The molecule has 0 spiro atoms. The molecule has 0 N–H and O–H groups in total. The van der Waals surface area contributed by atoms with Crippen LogP contribution in [0.3, 0.4) is 0 Å². The van der Waals surface area contributed by atoms with Gasteiger partial charge in [-0.1, -0.05) is 0 Å². The normalized spacial score (nSPS) is 15.6. The number of nitrogens with zero attached hydrogens (tertiary/aromatic N) is 8. The van der Waals surface area contributed by atoms with Gasteiger partial charge in [-0.05, 0) is 50.2 Å². The summed E-state index contributed by atoms with van der Waals surface area (Å²) in [4.78, 5) is 22.9. The molecule has 0 saturated carbocycles. The average molecular weight is 402 g/mol. The van der Waals surface area contributed by atoms with Crippen molar-refractivity contribution in [1.29, 1.82) is 0 Å². The Kier molecular flexibility index (Phi) is 4.80. The molecule has 152 valence electrons. The maximum atomic E-state index is 12.2. The van der Waals surface area contributed by atoms with Gasteiger partial charge in [0.1, 0.15) is 5.69 Å². The molecule has 4 aromatic rings. The summed E-state index contributed by atoms with van der Waals surface area (Å²) >= 11 is 0. The molecule has 1 fully saturated rings. The van der Waals surface area contributed by atoms with Crippen molar-refractivity contribution in [2.75, 3.05) is 13.1 Å². The number of pyridine rings is 1. The first kappa shape index (κ1) is 18.6. The Morgan fingerprint density at radius 1 is 1.10 bits per heavy atom. The number of rotatable bonds is 4. The first-order valence-corrected chi connectivity index (χ1v) is 10.0. The number of hydrogen-bond acceptors (Lipinski definition) is 7. The van der Waals surface area contributed by atoms with Crippen molar-refractivity contribution in [3.63, 3.8) is 0 Å². The standard InChI is InChI=1S/C21H22N8O/c1-27-12-9-23-18(21(27)30)14-28-10-6-15(7-11-28)20-25-24-19-5-4-17(26-29(19)20)16-3-2-8-22-13-16/h2-5,8-9,12-13,15H,6-7,10-11,14H2,1H3. The van der Waals surface area contributed by atoms with Gasteiger partial charge in [0.15, 0.2) is 11.5 Å². The highest BCUT2D eigenvalue weighted by atomic mass is 16.1. The SMILES string of the molecule is Cn1ccnc(CN2CCC(c3nnc4ccc(-c5cccnc5)nn34)CC2)c1=O. The summed E-state index contributed by atoms with van der Waals surface area (Å²) in [5.41, 5.74) is 3.12. The second-order valence-corrected chi connectivity index (χ2v) is 7.63. The Labute approximate surface area is 173 Å². The fraction of sp³-hybridized carbons (Fsp3) is 0.333. The maximum absolute atomic E-state index is 12.2. The van der Waals surface area contributed by atoms with E-state index in [0.717, 1.165) is 48.7 Å². The second kappa shape index (κ2) is 7.75. The van der Waals surface area contributed by atoms with Crippen molar-refractivity contribution >= 4 is 5.65 Å². The maximum Gasteiger partial charge on any atom is 0.273 e. The van der Waals surface area contributed by atoms with Crippen LogP contribution < -0.4 is 5.56 Å². The smallest absolute Gasteiger partial charge is 0.273 e. The number of aryl methyl sites for hydroxylation is 1. The van der Waals surface area contributed by atoms with E-state index in [0.29, 0.717) is 12.2 Å². The van der Waals surface area contributed by atoms with Gasteiger partial charge in [0, 0.05) is 49.9 Å². The molecule has 0 amide bonds. The lowest BCUT2D eigenvalue weighted by Crippen LogP contribution is -2.36. The summed E-state index contributed by atoms with van der Waals surface area (Å²) in [6.07, 6.45) is 8.79. The summed E-state index contributed by atoms with van der Waals surface area (Å²) in [5, 5.41) is 13.5. The number of aromatic nitrogens is 7. The molecule has 0 aliphatic carbocycles. The average Bonchev–Trinajstić information content (AvgIpc) is 3.21. The van der Waals surface area contributed by atoms with E-state index in [4.69, 9.17) is 5.10 Å². The molecule has 9 nitrogen and oxygen atoms in total. The topological polar surface area (TPSA) is 94.1 Å². The van der Waals surface area contributed by atoms with Crippen LogP contribution >= 0.6 is 0 Å². The molecule has 30 heavy (non-hydrogen) atoms. The molecule has 0 bridgehead atoms. The molecule has 9 heteroatoms. The third kappa shape index (κ3) is 3.48. The van der Waals surface area contributed by atoms with Crippen molar-refractivity contribution < 1.29 is 0 Å². The lowest BCUT2D eigenvalue weighted by molar-refractivity contribution is 0.197. The van der Waals surface area contributed by atoms with Gasteiger partial charge >= 0.3 is 0 Å². The van der Waals surface area contributed by atoms with Crippen LogP contribution in [0.4, 0.5) is 0 Å². The predicted molar refractivity (Wildman–Crippen MR) is 111 cm³/mol. The lowest BCUT2D eigenvalue weighted by Gasteiger charge is -2.30. The third-order valence-electron chi connectivity index (χ3n) is 5.66. The van der Waals surface area contributed by atoms with Gasteiger partial charge < -0.3 is 4.57 Å². The summed E-state index contributed by atoms with van der Waals surface area (Å²) in [7, 11) is 1.75. The highest BCUT2D eigenvalue weighted by molar-refractivity contribution is 5.58. The van der Waals surface area contributed by atoms with E-state index in [9.17, 15) is 4.79 Å². The molecular weight excluding hydrogens is 380 g/mol. The first-order valence-electron chi connectivity index (χ1n) is 10.0. The molecule has 4 aromatic heterocycles. The Morgan fingerprint density at radius 2 is 1.97 bits per heavy atom. The Balaban J connectivity index is 1.33. The van der Waals surface area contributed by atoms with E-state index in [-0.39, 0.29) is 11.5 Å². The number of piperidine rings is 1. The van der Waals surface area contributed by atoms with Crippen LogP contribution in [0, 0.1) is 0 Å². The van der Waals surface area contributed by atoms with Crippen molar-refractivity contribution in [3.8, 4) is 11.3 Å². The zero-order chi connectivity index (χ0) is 20.5. The Bertz CT molecular complexity index is 1220. The second-order valence-electron chi connectivity index (χ2n) is 7.63. The van der Waals surface area contributed by atoms with Gasteiger partial charge in [0.25, 0.3) is 5.56 Å². The highest BCUT2D eigenvalue weighted by Crippen LogP contribution is 2.28. The lowest BCUT2D eigenvalue weighted by atomic mass is 9.96. The summed E-state index contributed by atoms with van der Waals surface area (Å²) in [6, 6.07) is 7.78. The molecule has 0 aromatic carbocycles. The minimum atomic E-state index is -0.0322. The molecule has 5 heterocycles. The molecule has 1 aliphatic heterocycles. The van der Waals surface area contributed by atoms with Gasteiger partial charge in [-0.3, -0.25) is 19.7 Å². The van der Waals surface area contributed by atoms with Gasteiger partial charge in [-0.25, -0.2) is 0 Å². The van der Waals surface area contributed by atoms with E-state index in [1.165, 1.54) is 0 Å². The molecule has 0 atom stereocenters. The highest BCUT2D eigenvalue weighted by Gasteiger charge is 2.26. The fourth-order valence-corrected chi connectivity index (χ4v) is 3.95. The quantitative estimate of drug-likeness (QED) is 0.512. The van der Waals surface area contributed by atoms with E-state index in [2.05, 4.69) is 25.1 Å². The van der Waals surface area contributed by atoms with Crippen LogP contribution in [0.2, 0.25) is 0 Å². The fourth-order valence-electron chi connectivity index (χ4n) is 3.95. The minimum Gasteiger partial charge on any atom is -0.315 e. The first-order chi connectivity index (χ1) is 14.7. The van der Waals surface area contributed by atoms with Gasteiger partial charge in [-0.2, -0.15) is 9.61 Å². The zero-order valence-corrected chi connectivity index (χ0v) is 16.7. The van der Waals surface area contributed by atoms with Crippen molar-refractivity contribution in [2.24, 2.45) is 7.05 Å². The van der Waals surface area contributed by atoms with Crippen LogP contribution in [0.15, 0.2) is 53.8 Å². The van der Waals surface area contributed by atoms with Crippen molar-refractivity contribution in [2.45, 2.75) is 25.3 Å². The van der Waals surface area contributed by atoms with E-state index >= 15 is 0 Å². The van der Waals surface area contributed by atoms with E-state index < -0.39 is 0 Å². The largest absolute Gasteiger partial charge is 0.315 e. The molecule has 0 radical (unpaired) electrons. The number of likely N-dealkylation sites (tertiary alicyclic amines) is 1. The van der Waals surface area contributed by atoms with Crippen LogP contribution in [-0.2, 0) is 13.6 Å². The Morgan fingerprint density at radius 3 is 2.77 bits per heavy atom. The Hall–Kier alpha value is -3.46. The van der Waals surface area contributed by atoms with Crippen LogP contribution in [0.25, 0.3) is 16.9 Å². The monoisotopic (exact) mass is 402 g/mol. The summed E-state index contributed by atoms with van der Waals surface area (Å²) in [5.74, 6) is 1.17. The molecule has 0 unspecified atom stereocenters. The predicted octanol–water partition coefficient (Wildman–Crippen LogP) is 1.66. The van der Waals surface area contributed by atoms with Gasteiger partial charge in [0.2, 0.25) is 0 Å². The number of hydrogen-bond donors (Lipinski definition) is 0. The van der Waals surface area contributed by atoms with Crippen LogP contribution in [0.5, 0.6) is 0 Å². The van der Waals surface area contributed by atoms with Crippen molar-refractivity contribution in [3.05, 3.63) is 70.9 Å². The molecule has 5 rings (SSSR count).